The molecule has 0 spiro atoms. The van der Waals surface area contributed by atoms with E-state index in [2.05, 4.69) is 15.5 Å². The number of hydrogen-bond donors (Lipinski definition) is 3. The Morgan fingerprint density at radius 3 is 2.42 bits per heavy atom. The van der Waals surface area contributed by atoms with Gasteiger partial charge in [0.2, 0.25) is 11.8 Å². The summed E-state index contributed by atoms with van der Waals surface area (Å²) in [5.74, 6) is -0.612. The summed E-state index contributed by atoms with van der Waals surface area (Å²) < 4.78 is 0. The van der Waals surface area contributed by atoms with Crippen molar-refractivity contribution < 1.29 is 14.4 Å². The molecule has 0 aliphatic carbocycles. The number of hydrogen-bond acceptors (Lipinski definition) is 4. The maximum atomic E-state index is 11.8. The average molecular weight is 332 g/mol. The van der Waals surface area contributed by atoms with E-state index in [4.69, 9.17) is 5.73 Å². The normalized spacial score (nSPS) is 15.7. The summed E-state index contributed by atoms with van der Waals surface area (Å²) in [5, 5.41) is 4.98. The minimum Gasteiger partial charge on any atom is -0.369 e. The maximum Gasteiger partial charge on any atom is 0.321 e. The van der Waals surface area contributed by atoms with Gasteiger partial charge in [-0.15, -0.1) is 0 Å². The first-order valence-corrected chi connectivity index (χ1v) is 8.18. The minimum atomic E-state index is -0.490. The van der Waals surface area contributed by atoms with Crippen molar-refractivity contribution in [3.05, 3.63) is 35.9 Å². The van der Waals surface area contributed by atoms with E-state index in [1.165, 1.54) is 0 Å². The van der Waals surface area contributed by atoms with Crippen LogP contribution in [0.2, 0.25) is 0 Å². The van der Waals surface area contributed by atoms with Gasteiger partial charge in [0.05, 0.1) is 0 Å². The van der Waals surface area contributed by atoms with E-state index in [9.17, 15) is 14.4 Å². The van der Waals surface area contributed by atoms with Crippen molar-refractivity contribution in [3.8, 4) is 0 Å². The molecule has 7 nitrogen and oxygen atoms in total. The standard InChI is InChI=1S/C17H24N4O3/c18-16(23)14-6-9-21(10-7-14)11-8-15(22)20-17(24)19-12-13-4-2-1-3-5-13/h1-5,14H,6-12H2,(H2,18,23)(H2,19,20,22,24). The molecule has 130 valence electrons. The molecule has 0 radical (unpaired) electrons. The molecule has 1 aliphatic heterocycles. The third-order valence-corrected chi connectivity index (χ3v) is 4.19. The lowest BCUT2D eigenvalue weighted by atomic mass is 9.96. The Morgan fingerprint density at radius 1 is 1.12 bits per heavy atom. The molecule has 0 saturated carbocycles. The van der Waals surface area contributed by atoms with Crippen LogP contribution in [0.3, 0.4) is 0 Å². The summed E-state index contributed by atoms with van der Waals surface area (Å²) in [6.07, 6.45) is 1.71. The topological polar surface area (TPSA) is 105 Å². The first kappa shape index (κ1) is 17.9. The predicted octanol–water partition coefficient (Wildman–Crippen LogP) is 0.600. The number of carbonyl (C=O) groups is 3. The van der Waals surface area contributed by atoms with Crippen molar-refractivity contribution >= 4 is 17.8 Å². The highest BCUT2D eigenvalue weighted by Crippen LogP contribution is 2.16. The zero-order chi connectivity index (χ0) is 17.4. The predicted molar refractivity (Wildman–Crippen MR) is 89.8 cm³/mol. The van der Waals surface area contributed by atoms with E-state index < -0.39 is 6.03 Å². The van der Waals surface area contributed by atoms with Gasteiger partial charge in [-0.25, -0.2) is 4.79 Å². The number of nitrogens with zero attached hydrogens (tertiary/aromatic N) is 1. The molecule has 1 fully saturated rings. The van der Waals surface area contributed by atoms with Crippen molar-refractivity contribution in [3.63, 3.8) is 0 Å². The highest BCUT2D eigenvalue weighted by Gasteiger charge is 2.23. The summed E-state index contributed by atoms with van der Waals surface area (Å²) in [6, 6.07) is 8.99. The van der Waals surface area contributed by atoms with Gasteiger partial charge in [-0.05, 0) is 31.5 Å². The first-order valence-electron chi connectivity index (χ1n) is 8.18. The zero-order valence-corrected chi connectivity index (χ0v) is 13.7. The zero-order valence-electron chi connectivity index (χ0n) is 13.7. The van der Waals surface area contributed by atoms with Crippen molar-refractivity contribution in [2.45, 2.75) is 25.8 Å². The van der Waals surface area contributed by atoms with Gasteiger partial charge in [0.1, 0.15) is 0 Å². The lowest BCUT2D eigenvalue weighted by molar-refractivity contribution is -0.124. The van der Waals surface area contributed by atoms with E-state index in [1.54, 1.807) is 0 Å². The Hall–Kier alpha value is -2.41. The van der Waals surface area contributed by atoms with Crippen LogP contribution in [0.4, 0.5) is 4.79 Å². The number of rotatable bonds is 6. The molecule has 0 atom stereocenters. The number of piperidine rings is 1. The van der Waals surface area contributed by atoms with Crippen LogP contribution in [0.1, 0.15) is 24.8 Å². The monoisotopic (exact) mass is 332 g/mol. The van der Waals surface area contributed by atoms with E-state index in [-0.39, 0.29) is 24.2 Å². The van der Waals surface area contributed by atoms with Gasteiger partial charge in [-0.3, -0.25) is 14.9 Å². The summed E-state index contributed by atoms with van der Waals surface area (Å²) in [4.78, 5) is 36.7. The van der Waals surface area contributed by atoms with Crippen LogP contribution in [0.25, 0.3) is 0 Å². The maximum absolute atomic E-state index is 11.8. The number of carbonyl (C=O) groups excluding carboxylic acids is 3. The van der Waals surface area contributed by atoms with Crippen molar-refractivity contribution in [1.82, 2.24) is 15.5 Å². The van der Waals surface area contributed by atoms with Crippen LogP contribution in [-0.2, 0) is 16.1 Å². The highest BCUT2D eigenvalue weighted by atomic mass is 16.2. The number of likely N-dealkylation sites (tertiary alicyclic amines) is 1. The number of nitrogens with two attached hydrogens (primary N) is 1. The molecule has 4 amide bonds. The molecule has 1 aromatic rings. The SMILES string of the molecule is NC(=O)C1CCN(CCC(=O)NC(=O)NCc2ccccc2)CC1. The molecule has 1 saturated heterocycles. The Kier molecular flexibility index (Phi) is 6.74. The summed E-state index contributed by atoms with van der Waals surface area (Å²) in [7, 11) is 0. The molecule has 7 heteroatoms. The molecule has 1 aliphatic rings. The summed E-state index contributed by atoms with van der Waals surface area (Å²) in [5.41, 5.74) is 6.26. The molecular formula is C17H24N4O3. The Bertz CT molecular complexity index is 568. The third-order valence-electron chi connectivity index (χ3n) is 4.19. The summed E-state index contributed by atoms with van der Waals surface area (Å²) in [6.45, 7) is 2.45. The fourth-order valence-corrected chi connectivity index (χ4v) is 2.71. The van der Waals surface area contributed by atoms with Gasteiger partial charge in [-0.1, -0.05) is 30.3 Å². The first-order chi connectivity index (χ1) is 11.5. The summed E-state index contributed by atoms with van der Waals surface area (Å²) >= 11 is 0. The van der Waals surface area contributed by atoms with Crippen molar-refractivity contribution in [2.24, 2.45) is 11.7 Å². The second kappa shape index (κ2) is 9.02. The van der Waals surface area contributed by atoms with E-state index in [1.807, 2.05) is 30.3 Å². The molecule has 0 bridgehead atoms. The molecule has 1 heterocycles. The van der Waals surface area contributed by atoms with E-state index in [0.29, 0.717) is 13.1 Å². The quantitative estimate of drug-likeness (QED) is 0.709. The number of urea groups is 1. The molecule has 1 aromatic carbocycles. The second-order valence-electron chi connectivity index (χ2n) is 5.98. The van der Waals surface area contributed by atoms with Crippen LogP contribution in [-0.4, -0.2) is 42.4 Å². The van der Waals surface area contributed by atoms with E-state index in [0.717, 1.165) is 31.5 Å². The molecule has 0 aromatic heterocycles. The van der Waals surface area contributed by atoms with Crippen molar-refractivity contribution in [2.75, 3.05) is 19.6 Å². The number of nitrogens with one attached hydrogen (secondary N) is 2. The molecule has 0 unspecified atom stereocenters. The van der Waals surface area contributed by atoms with Gasteiger partial charge in [-0.2, -0.15) is 0 Å². The van der Waals surface area contributed by atoms with Gasteiger partial charge >= 0.3 is 6.03 Å². The van der Waals surface area contributed by atoms with Crippen LogP contribution < -0.4 is 16.4 Å². The lowest BCUT2D eigenvalue weighted by Gasteiger charge is -2.30. The Labute approximate surface area is 141 Å². The number of imide groups is 1. The smallest absolute Gasteiger partial charge is 0.321 e. The molecule has 4 N–H and O–H groups in total. The highest BCUT2D eigenvalue weighted by molar-refractivity contribution is 5.94. The van der Waals surface area contributed by atoms with E-state index >= 15 is 0 Å². The van der Waals surface area contributed by atoms with Crippen molar-refractivity contribution in [1.29, 1.82) is 0 Å². The van der Waals surface area contributed by atoms with Crippen LogP contribution in [0.5, 0.6) is 0 Å². The van der Waals surface area contributed by atoms with Crippen LogP contribution in [0.15, 0.2) is 30.3 Å². The Morgan fingerprint density at radius 2 is 1.79 bits per heavy atom. The van der Waals surface area contributed by atoms with Crippen LogP contribution >= 0.6 is 0 Å². The second-order valence-corrected chi connectivity index (χ2v) is 5.98. The third kappa shape index (κ3) is 6.00. The average Bonchev–Trinajstić information content (AvgIpc) is 2.59. The molecular weight excluding hydrogens is 308 g/mol. The number of primary amides is 1. The van der Waals surface area contributed by atoms with Gasteiger partial charge in [0.25, 0.3) is 0 Å². The fraction of sp³-hybridized carbons (Fsp3) is 0.471. The minimum absolute atomic E-state index is 0.0566. The van der Waals surface area contributed by atoms with Gasteiger partial charge < -0.3 is 16.0 Å². The number of benzene rings is 1. The molecule has 24 heavy (non-hydrogen) atoms. The Balaban J connectivity index is 1.61. The van der Waals surface area contributed by atoms with Gasteiger partial charge in [0.15, 0.2) is 0 Å². The number of amides is 4. The van der Waals surface area contributed by atoms with Gasteiger partial charge in [0, 0.05) is 25.4 Å². The molecule has 2 rings (SSSR count). The lowest BCUT2D eigenvalue weighted by Crippen LogP contribution is -2.42. The largest absolute Gasteiger partial charge is 0.369 e. The fourth-order valence-electron chi connectivity index (χ4n) is 2.71. The van der Waals surface area contributed by atoms with Crippen LogP contribution in [0, 0.1) is 5.92 Å².